The highest BCUT2D eigenvalue weighted by molar-refractivity contribution is 6.20. The zero-order chi connectivity index (χ0) is 12.5. The first-order chi connectivity index (χ1) is 8.13. The van der Waals surface area contributed by atoms with Crippen molar-refractivity contribution in [3.05, 3.63) is 23.5 Å². The van der Waals surface area contributed by atoms with Crippen molar-refractivity contribution in [1.29, 1.82) is 0 Å². The number of hydrogen-bond donors (Lipinski definition) is 0. The van der Waals surface area contributed by atoms with Crippen LogP contribution in [0.5, 0.6) is 0 Å². The summed E-state index contributed by atoms with van der Waals surface area (Å²) in [4.78, 5) is 23.6. The standard InChI is InChI=1S/C12H14O5/c1-3-12(16-4-5-17-12)9-6-8(13)7-10(15-2)11(9)14/h6-7H,3-5H2,1-2H3. The SMILES string of the molecule is CCC1(C2=CC(=O)C=C(OC)C2=O)OCCO1. The average Bonchev–Trinajstić information content (AvgIpc) is 2.81. The molecule has 2 rings (SSSR count). The minimum Gasteiger partial charge on any atom is -0.493 e. The van der Waals surface area contributed by atoms with Gasteiger partial charge in [0.2, 0.25) is 5.78 Å². The lowest BCUT2D eigenvalue weighted by molar-refractivity contribution is -0.143. The minimum atomic E-state index is -1.09. The number of Topliss-reactive ketones (excluding diaryl/α,β-unsaturated/α-hetero) is 1. The Morgan fingerprint density at radius 2 is 1.94 bits per heavy atom. The molecule has 0 aromatic carbocycles. The molecule has 1 aliphatic heterocycles. The van der Waals surface area contributed by atoms with E-state index in [1.807, 2.05) is 6.92 Å². The molecule has 0 N–H and O–H groups in total. The largest absolute Gasteiger partial charge is 0.493 e. The van der Waals surface area contributed by atoms with E-state index in [0.717, 1.165) is 0 Å². The third kappa shape index (κ3) is 1.92. The Labute approximate surface area is 99.0 Å². The van der Waals surface area contributed by atoms with Gasteiger partial charge in [-0.1, -0.05) is 6.92 Å². The second-order valence-corrected chi connectivity index (χ2v) is 3.81. The zero-order valence-corrected chi connectivity index (χ0v) is 9.82. The van der Waals surface area contributed by atoms with Crippen LogP contribution in [0.4, 0.5) is 0 Å². The van der Waals surface area contributed by atoms with Crippen LogP contribution in [0.3, 0.4) is 0 Å². The molecule has 17 heavy (non-hydrogen) atoms. The summed E-state index contributed by atoms with van der Waals surface area (Å²) in [6.45, 7) is 2.67. The molecule has 5 heteroatoms. The van der Waals surface area contributed by atoms with E-state index in [4.69, 9.17) is 14.2 Å². The predicted octanol–water partition coefficient (Wildman–Crippen LogP) is 0.748. The molecule has 2 aliphatic rings. The lowest BCUT2D eigenvalue weighted by Gasteiger charge is -2.29. The Bertz CT molecular complexity index is 413. The van der Waals surface area contributed by atoms with Gasteiger partial charge in [-0.05, 0) is 6.08 Å². The van der Waals surface area contributed by atoms with Gasteiger partial charge in [0.1, 0.15) is 0 Å². The van der Waals surface area contributed by atoms with Crippen molar-refractivity contribution in [2.75, 3.05) is 20.3 Å². The molecule has 1 aliphatic carbocycles. The van der Waals surface area contributed by atoms with Gasteiger partial charge in [0, 0.05) is 12.5 Å². The van der Waals surface area contributed by atoms with Gasteiger partial charge in [-0.2, -0.15) is 0 Å². The van der Waals surface area contributed by atoms with Crippen molar-refractivity contribution in [2.24, 2.45) is 0 Å². The summed E-state index contributed by atoms with van der Waals surface area (Å²) in [7, 11) is 1.36. The molecule has 0 spiro atoms. The topological polar surface area (TPSA) is 61.8 Å². The molecule has 1 fully saturated rings. The Kier molecular flexibility index (Phi) is 3.13. The van der Waals surface area contributed by atoms with Gasteiger partial charge in [0.15, 0.2) is 17.3 Å². The number of ketones is 2. The molecule has 92 valence electrons. The van der Waals surface area contributed by atoms with E-state index in [2.05, 4.69) is 0 Å². The van der Waals surface area contributed by atoms with Crippen molar-refractivity contribution in [2.45, 2.75) is 19.1 Å². The summed E-state index contributed by atoms with van der Waals surface area (Å²) in [6, 6.07) is 0. The number of allylic oxidation sites excluding steroid dienone is 3. The fourth-order valence-electron chi connectivity index (χ4n) is 2.02. The molecular weight excluding hydrogens is 224 g/mol. The third-order valence-corrected chi connectivity index (χ3v) is 2.88. The van der Waals surface area contributed by atoms with Crippen LogP contribution in [0.25, 0.3) is 0 Å². The average molecular weight is 238 g/mol. The summed E-state index contributed by atoms with van der Waals surface area (Å²) in [5, 5.41) is 0. The van der Waals surface area contributed by atoms with Crippen LogP contribution in [0.2, 0.25) is 0 Å². The predicted molar refractivity (Wildman–Crippen MR) is 58.1 cm³/mol. The highest BCUT2D eigenvalue weighted by atomic mass is 16.7. The highest BCUT2D eigenvalue weighted by Gasteiger charge is 2.44. The lowest BCUT2D eigenvalue weighted by atomic mass is 9.92. The Balaban J connectivity index is 2.38. The minimum absolute atomic E-state index is 0.0272. The molecule has 0 aromatic heterocycles. The molecule has 1 heterocycles. The fourth-order valence-corrected chi connectivity index (χ4v) is 2.02. The second-order valence-electron chi connectivity index (χ2n) is 3.81. The molecule has 0 unspecified atom stereocenters. The smallest absolute Gasteiger partial charge is 0.229 e. The van der Waals surface area contributed by atoms with E-state index < -0.39 is 5.79 Å². The molecule has 5 nitrogen and oxygen atoms in total. The van der Waals surface area contributed by atoms with Gasteiger partial charge in [0.25, 0.3) is 0 Å². The molecule has 0 saturated carbocycles. The van der Waals surface area contributed by atoms with E-state index in [-0.39, 0.29) is 22.9 Å². The third-order valence-electron chi connectivity index (χ3n) is 2.88. The Morgan fingerprint density at radius 1 is 1.29 bits per heavy atom. The van der Waals surface area contributed by atoms with E-state index in [1.54, 1.807) is 0 Å². The van der Waals surface area contributed by atoms with Crippen LogP contribution >= 0.6 is 0 Å². The summed E-state index contributed by atoms with van der Waals surface area (Å²) in [5.74, 6) is -1.70. The van der Waals surface area contributed by atoms with Crippen LogP contribution in [0, 0.1) is 0 Å². The van der Waals surface area contributed by atoms with Crippen molar-refractivity contribution in [1.82, 2.24) is 0 Å². The van der Waals surface area contributed by atoms with Crippen LogP contribution in [0.15, 0.2) is 23.5 Å². The summed E-state index contributed by atoms with van der Waals surface area (Å²) in [5.41, 5.74) is 0.224. The quantitative estimate of drug-likeness (QED) is 0.679. The Morgan fingerprint density at radius 3 is 2.47 bits per heavy atom. The number of rotatable bonds is 3. The van der Waals surface area contributed by atoms with E-state index in [9.17, 15) is 9.59 Å². The number of carbonyl (C=O) groups excluding carboxylic acids is 2. The first kappa shape index (κ1) is 12.0. The number of methoxy groups -OCH3 is 1. The van der Waals surface area contributed by atoms with E-state index in [1.165, 1.54) is 19.3 Å². The van der Waals surface area contributed by atoms with Crippen molar-refractivity contribution in [3.8, 4) is 0 Å². The molecule has 0 atom stereocenters. The number of carbonyl (C=O) groups is 2. The van der Waals surface area contributed by atoms with Crippen LogP contribution in [-0.2, 0) is 23.8 Å². The second kappa shape index (κ2) is 4.43. The van der Waals surface area contributed by atoms with Crippen LogP contribution < -0.4 is 0 Å². The molecule has 0 bridgehead atoms. The van der Waals surface area contributed by atoms with E-state index in [0.29, 0.717) is 19.6 Å². The molecule has 0 radical (unpaired) electrons. The first-order valence-corrected chi connectivity index (χ1v) is 5.47. The fraction of sp³-hybridized carbons (Fsp3) is 0.500. The molecule has 0 aromatic rings. The van der Waals surface area contributed by atoms with Gasteiger partial charge in [-0.15, -0.1) is 0 Å². The summed E-state index contributed by atoms with van der Waals surface area (Å²) >= 11 is 0. The molecule has 0 amide bonds. The van der Waals surface area contributed by atoms with Crippen molar-refractivity contribution < 1.29 is 23.8 Å². The Hall–Kier alpha value is -1.46. The molecular formula is C12H14O5. The van der Waals surface area contributed by atoms with Gasteiger partial charge in [-0.3, -0.25) is 9.59 Å². The maximum atomic E-state index is 12.1. The van der Waals surface area contributed by atoms with Crippen molar-refractivity contribution in [3.63, 3.8) is 0 Å². The monoisotopic (exact) mass is 238 g/mol. The maximum absolute atomic E-state index is 12.1. The number of ether oxygens (including phenoxy) is 3. The number of hydrogen-bond acceptors (Lipinski definition) is 5. The molecule has 1 saturated heterocycles. The maximum Gasteiger partial charge on any atom is 0.229 e. The first-order valence-electron chi connectivity index (χ1n) is 5.47. The van der Waals surface area contributed by atoms with E-state index >= 15 is 0 Å². The highest BCUT2D eigenvalue weighted by Crippen LogP contribution is 2.34. The van der Waals surface area contributed by atoms with Gasteiger partial charge < -0.3 is 14.2 Å². The van der Waals surface area contributed by atoms with Gasteiger partial charge in [-0.25, -0.2) is 0 Å². The van der Waals surface area contributed by atoms with Gasteiger partial charge >= 0.3 is 0 Å². The summed E-state index contributed by atoms with van der Waals surface area (Å²) in [6.07, 6.45) is 2.90. The normalized spacial score (nSPS) is 23.4. The van der Waals surface area contributed by atoms with Crippen LogP contribution in [0.1, 0.15) is 13.3 Å². The van der Waals surface area contributed by atoms with Crippen molar-refractivity contribution >= 4 is 11.6 Å². The van der Waals surface area contributed by atoms with Crippen LogP contribution in [-0.4, -0.2) is 37.7 Å². The lowest BCUT2D eigenvalue weighted by Crippen LogP contribution is -2.38. The summed E-state index contributed by atoms with van der Waals surface area (Å²) < 4.78 is 15.9. The van der Waals surface area contributed by atoms with Gasteiger partial charge in [0.05, 0.1) is 25.9 Å². The zero-order valence-electron chi connectivity index (χ0n) is 9.82.